The molecule has 0 spiro atoms. The fourth-order valence-electron chi connectivity index (χ4n) is 4.65. The molecular weight excluding hydrogens is 318 g/mol. The molecule has 0 saturated carbocycles. The monoisotopic (exact) mass is 339 g/mol. The van der Waals surface area contributed by atoms with E-state index in [0.29, 0.717) is 0 Å². The highest BCUT2D eigenvalue weighted by atomic mass is 28.3. The second-order valence-electron chi connectivity index (χ2n) is 7.55. The molecule has 2 heteroatoms. The topological polar surface area (TPSA) is 3.24 Å². The summed E-state index contributed by atoms with van der Waals surface area (Å²) in [6.07, 6.45) is 0. The zero-order chi connectivity index (χ0) is 17.2. The fourth-order valence-corrected chi connectivity index (χ4v) is 8.48. The standard InChI is InChI=1S/C23H21NSi/c1-24-20-14-12-16-8-4-6-10-18(16)22(20)25(2,3)23-19-11-7-5-9-17(19)13-15-21(23)24/h4-15H,1-3H3. The lowest BCUT2D eigenvalue weighted by Gasteiger charge is -2.40. The van der Waals surface area contributed by atoms with E-state index in [1.165, 1.54) is 32.9 Å². The lowest BCUT2D eigenvalue weighted by molar-refractivity contribution is 1.22. The van der Waals surface area contributed by atoms with Gasteiger partial charge in [0.25, 0.3) is 0 Å². The van der Waals surface area contributed by atoms with Gasteiger partial charge in [0.05, 0.1) is 0 Å². The van der Waals surface area contributed by atoms with Gasteiger partial charge in [0.15, 0.2) is 0 Å². The van der Waals surface area contributed by atoms with E-state index < -0.39 is 8.07 Å². The molecule has 0 saturated heterocycles. The van der Waals surface area contributed by atoms with Crippen LogP contribution >= 0.6 is 0 Å². The first-order chi connectivity index (χ1) is 12.1. The van der Waals surface area contributed by atoms with Gasteiger partial charge in [0.1, 0.15) is 8.07 Å². The second kappa shape index (κ2) is 4.96. The van der Waals surface area contributed by atoms with Gasteiger partial charge in [-0.1, -0.05) is 73.8 Å². The molecule has 1 nitrogen and oxygen atoms in total. The highest BCUT2D eigenvalue weighted by molar-refractivity contribution is 7.05. The van der Waals surface area contributed by atoms with Crippen LogP contribution in [-0.4, -0.2) is 15.1 Å². The van der Waals surface area contributed by atoms with Gasteiger partial charge in [0.2, 0.25) is 0 Å². The van der Waals surface area contributed by atoms with Crippen molar-refractivity contribution in [1.29, 1.82) is 0 Å². The predicted octanol–water partition coefficient (Wildman–Crippen LogP) is 4.90. The molecular formula is C23H21NSi. The Hall–Kier alpha value is -2.58. The van der Waals surface area contributed by atoms with Crippen molar-refractivity contribution in [2.45, 2.75) is 13.1 Å². The van der Waals surface area contributed by atoms with Crippen LogP contribution in [0.3, 0.4) is 0 Å². The molecule has 0 unspecified atom stereocenters. The van der Waals surface area contributed by atoms with Crippen molar-refractivity contribution in [3.05, 3.63) is 72.8 Å². The summed E-state index contributed by atoms with van der Waals surface area (Å²) in [5.41, 5.74) is 2.75. The Balaban J connectivity index is 1.96. The molecule has 0 aliphatic carbocycles. The van der Waals surface area contributed by atoms with Gasteiger partial charge >= 0.3 is 0 Å². The normalized spacial score (nSPS) is 15.2. The highest BCUT2D eigenvalue weighted by Crippen LogP contribution is 2.35. The summed E-state index contributed by atoms with van der Waals surface area (Å²) in [4.78, 5) is 2.39. The van der Waals surface area contributed by atoms with Crippen molar-refractivity contribution in [3.63, 3.8) is 0 Å². The molecule has 0 N–H and O–H groups in total. The average Bonchev–Trinajstić information content (AvgIpc) is 2.64. The molecule has 1 aliphatic rings. The molecule has 0 amide bonds. The molecule has 5 rings (SSSR count). The zero-order valence-corrected chi connectivity index (χ0v) is 15.9. The molecule has 4 aromatic rings. The van der Waals surface area contributed by atoms with Gasteiger partial charge in [0, 0.05) is 18.4 Å². The van der Waals surface area contributed by atoms with Gasteiger partial charge in [-0.25, -0.2) is 0 Å². The van der Waals surface area contributed by atoms with E-state index in [-0.39, 0.29) is 0 Å². The van der Waals surface area contributed by atoms with E-state index >= 15 is 0 Å². The minimum absolute atomic E-state index is 1.35. The summed E-state index contributed by atoms with van der Waals surface area (Å²) in [5, 5.41) is 8.66. The third kappa shape index (κ3) is 1.89. The summed E-state index contributed by atoms with van der Waals surface area (Å²) < 4.78 is 0. The highest BCUT2D eigenvalue weighted by Gasteiger charge is 2.39. The molecule has 0 bridgehead atoms. The molecule has 0 fully saturated rings. The van der Waals surface area contributed by atoms with Crippen LogP contribution in [0.1, 0.15) is 0 Å². The van der Waals surface area contributed by atoms with Crippen LogP contribution in [0, 0.1) is 0 Å². The third-order valence-electron chi connectivity index (χ3n) is 5.79. The minimum Gasteiger partial charge on any atom is -0.345 e. The zero-order valence-electron chi connectivity index (χ0n) is 14.9. The van der Waals surface area contributed by atoms with Crippen LogP contribution in [0.25, 0.3) is 21.5 Å². The van der Waals surface area contributed by atoms with E-state index in [9.17, 15) is 0 Å². The van der Waals surface area contributed by atoms with Crippen molar-refractivity contribution in [2.75, 3.05) is 11.9 Å². The minimum atomic E-state index is -1.84. The van der Waals surface area contributed by atoms with Gasteiger partial charge in [-0.15, -0.1) is 0 Å². The maximum absolute atomic E-state index is 2.51. The second-order valence-corrected chi connectivity index (χ2v) is 11.8. The Bertz CT molecular complexity index is 1050. The third-order valence-corrected chi connectivity index (χ3v) is 9.34. The van der Waals surface area contributed by atoms with Crippen LogP contribution in [0.5, 0.6) is 0 Å². The lowest BCUT2D eigenvalue weighted by atomic mass is 10.1. The van der Waals surface area contributed by atoms with E-state index in [4.69, 9.17) is 0 Å². The van der Waals surface area contributed by atoms with Gasteiger partial charge in [-0.3, -0.25) is 0 Å². The number of benzene rings is 4. The molecule has 1 heterocycles. The summed E-state index contributed by atoms with van der Waals surface area (Å²) in [7, 11) is 0.369. The number of fused-ring (bicyclic) bond motifs is 6. The Morgan fingerprint density at radius 2 is 1.04 bits per heavy atom. The lowest BCUT2D eigenvalue weighted by Crippen LogP contribution is -2.59. The number of nitrogens with zero attached hydrogens (tertiary/aromatic N) is 1. The molecule has 4 aromatic carbocycles. The Labute approximate surface area is 149 Å². The summed E-state index contributed by atoms with van der Waals surface area (Å²) in [6.45, 7) is 5.02. The maximum atomic E-state index is 2.51. The van der Waals surface area contributed by atoms with Crippen molar-refractivity contribution in [3.8, 4) is 0 Å². The number of hydrogen-bond acceptors (Lipinski definition) is 1. The first kappa shape index (κ1) is 14.7. The Morgan fingerprint density at radius 3 is 1.52 bits per heavy atom. The SMILES string of the molecule is CN1c2ccc3ccccc3c2[Si](C)(C)c2c1ccc1ccccc21. The first-order valence-corrected chi connectivity index (χ1v) is 11.9. The molecule has 25 heavy (non-hydrogen) atoms. The largest absolute Gasteiger partial charge is 0.345 e. The number of rotatable bonds is 0. The van der Waals surface area contributed by atoms with Crippen LogP contribution in [-0.2, 0) is 0 Å². The van der Waals surface area contributed by atoms with Crippen LogP contribution in [0.4, 0.5) is 11.4 Å². The van der Waals surface area contributed by atoms with Crippen molar-refractivity contribution < 1.29 is 0 Å². The van der Waals surface area contributed by atoms with Crippen LogP contribution in [0.15, 0.2) is 72.8 Å². The van der Waals surface area contributed by atoms with Crippen molar-refractivity contribution >= 4 is 51.4 Å². The van der Waals surface area contributed by atoms with E-state index in [2.05, 4.69) is 97.8 Å². The summed E-state index contributed by atoms with van der Waals surface area (Å²) in [6, 6.07) is 26.8. The summed E-state index contributed by atoms with van der Waals surface area (Å²) >= 11 is 0. The van der Waals surface area contributed by atoms with Gasteiger partial charge in [-0.05, 0) is 44.1 Å². The van der Waals surface area contributed by atoms with Crippen molar-refractivity contribution in [2.24, 2.45) is 0 Å². The van der Waals surface area contributed by atoms with Crippen molar-refractivity contribution in [1.82, 2.24) is 0 Å². The fraction of sp³-hybridized carbons (Fsp3) is 0.130. The van der Waals surface area contributed by atoms with Gasteiger partial charge in [-0.2, -0.15) is 0 Å². The van der Waals surface area contributed by atoms with E-state index in [0.717, 1.165) is 0 Å². The molecule has 1 aliphatic heterocycles. The van der Waals surface area contributed by atoms with Gasteiger partial charge < -0.3 is 4.90 Å². The number of hydrogen-bond donors (Lipinski definition) is 0. The first-order valence-electron chi connectivity index (χ1n) is 8.87. The molecule has 0 aromatic heterocycles. The van der Waals surface area contributed by atoms with Crippen LogP contribution in [0.2, 0.25) is 13.1 Å². The summed E-state index contributed by atoms with van der Waals surface area (Å²) in [5.74, 6) is 0. The number of anilines is 2. The average molecular weight is 340 g/mol. The molecule has 0 radical (unpaired) electrons. The molecule has 0 atom stereocenters. The van der Waals surface area contributed by atoms with Crippen LogP contribution < -0.4 is 15.3 Å². The Kier molecular flexibility index (Phi) is 2.92. The maximum Gasteiger partial charge on any atom is 0.119 e. The smallest absolute Gasteiger partial charge is 0.119 e. The van der Waals surface area contributed by atoms with E-state index in [1.807, 2.05) is 0 Å². The van der Waals surface area contributed by atoms with E-state index in [1.54, 1.807) is 10.4 Å². The molecule has 122 valence electrons. The predicted molar refractivity (Wildman–Crippen MR) is 113 cm³/mol. The Morgan fingerprint density at radius 1 is 0.600 bits per heavy atom. The quantitative estimate of drug-likeness (QED) is 0.412.